The highest BCUT2D eigenvalue weighted by molar-refractivity contribution is 6.30. The first kappa shape index (κ1) is 26.4. The summed E-state index contributed by atoms with van der Waals surface area (Å²) in [5.74, 6) is -0.171. The van der Waals surface area contributed by atoms with Crippen LogP contribution < -0.4 is 5.32 Å². The minimum absolute atomic E-state index is 0.0950. The fourth-order valence-electron chi connectivity index (χ4n) is 4.15. The Hall–Kier alpha value is -4.18. The number of hydrogen-bond acceptors (Lipinski definition) is 4. The van der Waals surface area contributed by atoms with Crippen LogP contribution in [0.15, 0.2) is 66.7 Å². The van der Waals surface area contributed by atoms with Gasteiger partial charge in [-0.25, -0.2) is 9.50 Å². The molecule has 0 bridgehead atoms. The van der Waals surface area contributed by atoms with Crippen LogP contribution >= 0.6 is 11.6 Å². The SMILES string of the molecule is Cc1cc(NC(=O)c2cc3nc(-c4ccc(C(C)C)cc4)cc(C(F)(F)F)n3n2)nn1Cc1ccc(Cl)cc1. The second-order valence-corrected chi connectivity index (χ2v) is 9.95. The lowest BCUT2D eigenvalue weighted by atomic mass is 10.0. The third-order valence-electron chi connectivity index (χ3n) is 6.29. The minimum atomic E-state index is -4.72. The Morgan fingerprint density at radius 2 is 1.69 bits per heavy atom. The zero-order chi connectivity index (χ0) is 27.9. The van der Waals surface area contributed by atoms with Crippen LogP contribution in [-0.2, 0) is 12.7 Å². The van der Waals surface area contributed by atoms with E-state index in [0.29, 0.717) is 21.6 Å². The maximum absolute atomic E-state index is 14.0. The predicted octanol–water partition coefficient (Wildman–Crippen LogP) is 7.00. The van der Waals surface area contributed by atoms with Crippen molar-refractivity contribution in [1.29, 1.82) is 0 Å². The first-order valence-corrected chi connectivity index (χ1v) is 12.5. The fraction of sp³-hybridized carbons (Fsp3) is 0.214. The third kappa shape index (κ3) is 5.65. The summed E-state index contributed by atoms with van der Waals surface area (Å²) in [6.45, 7) is 6.35. The van der Waals surface area contributed by atoms with Crippen LogP contribution in [0.3, 0.4) is 0 Å². The normalized spacial score (nSPS) is 11.9. The van der Waals surface area contributed by atoms with E-state index in [1.54, 1.807) is 35.0 Å². The van der Waals surface area contributed by atoms with Gasteiger partial charge < -0.3 is 5.32 Å². The largest absolute Gasteiger partial charge is 0.433 e. The molecule has 0 atom stereocenters. The molecule has 200 valence electrons. The molecule has 39 heavy (non-hydrogen) atoms. The Morgan fingerprint density at radius 1 is 1.00 bits per heavy atom. The second-order valence-electron chi connectivity index (χ2n) is 9.51. The van der Waals surface area contributed by atoms with E-state index < -0.39 is 17.8 Å². The number of aryl methyl sites for hydroxylation is 1. The van der Waals surface area contributed by atoms with Gasteiger partial charge in [0.2, 0.25) is 0 Å². The number of carbonyl (C=O) groups excluding carboxylic acids is 1. The number of alkyl halides is 3. The molecule has 3 heterocycles. The molecule has 0 saturated carbocycles. The number of halogens is 4. The van der Waals surface area contributed by atoms with Crippen molar-refractivity contribution in [2.24, 2.45) is 0 Å². The Labute approximate surface area is 227 Å². The molecule has 0 unspecified atom stereocenters. The zero-order valence-corrected chi connectivity index (χ0v) is 22.0. The highest BCUT2D eigenvalue weighted by atomic mass is 35.5. The smallest absolute Gasteiger partial charge is 0.304 e. The van der Waals surface area contributed by atoms with Gasteiger partial charge in [0, 0.05) is 28.4 Å². The van der Waals surface area contributed by atoms with Gasteiger partial charge in [0.05, 0.1) is 12.2 Å². The molecule has 5 rings (SSSR count). The molecule has 0 aliphatic carbocycles. The van der Waals surface area contributed by atoms with Crippen LogP contribution in [0.1, 0.15) is 52.8 Å². The second kappa shape index (κ2) is 10.2. The summed E-state index contributed by atoms with van der Waals surface area (Å²) in [7, 11) is 0. The average Bonchev–Trinajstić information content (AvgIpc) is 3.47. The summed E-state index contributed by atoms with van der Waals surface area (Å²) in [5, 5.41) is 11.6. The monoisotopic (exact) mass is 552 g/mol. The molecule has 3 aromatic heterocycles. The van der Waals surface area contributed by atoms with Crippen molar-refractivity contribution in [3.63, 3.8) is 0 Å². The van der Waals surface area contributed by atoms with Gasteiger partial charge in [0.25, 0.3) is 5.91 Å². The minimum Gasteiger partial charge on any atom is -0.304 e. The number of hydrogen-bond donors (Lipinski definition) is 1. The number of nitrogens with zero attached hydrogens (tertiary/aromatic N) is 5. The molecule has 1 amide bonds. The van der Waals surface area contributed by atoms with Gasteiger partial charge in [-0.15, -0.1) is 0 Å². The van der Waals surface area contributed by atoms with Crippen molar-refractivity contribution in [3.8, 4) is 11.3 Å². The number of carbonyl (C=O) groups is 1. The Bertz CT molecular complexity index is 1650. The van der Waals surface area contributed by atoms with Crippen molar-refractivity contribution < 1.29 is 18.0 Å². The molecule has 0 saturated heterocycles. The van der Waals surface area contributed by atoms with Gasteiger partial charge in [-0.2, -0.15) is 23.4 Å². The zero-order valence-electron chi connectivity index (χ0n) is 21.3. The van der Waals surface area contributed by atoms with Crippen LogP contribution in [0.25, 0.3) is 16.9 Å². The van der Waals surface area contributed by atoms with Crippen molar-refractivity contribution in [2.75, 3.05) is 5.32 Å². The molecule has 1 N–H and O–H groups in total. The summed E-state index contributed by atoms with van der Waals surface area (Å²) in [5.41, 5.74) is 2.12. The molecule has 0 radical (unpaired) electrons. The predicted molar refractivity (Wildman–Crippen MR) is 143 cm³/mol. The standard InChI is InChI=1S/C28H24ClF3N6O/c1-16(2)19-6-8-20(9-7-19)22-13-24(28(30,31)32)38-26(33-22)14-23(35-38)27(39)34-25-12-17(3)37(36-25)15-18-4-10-21(29)11-5-18/h4-14,16H,15H2,1-3H3,(H,34,36,39). The van der Waals surface area contributed by atoms with Crippen molar-refractivity contribution in [2.45, 2.75) is 39.4 Å². The van der Waals surface area contributed by atoms with E-state index in [0.717, 1.165) is 22.9 Å². The number of nitrogens with one attached hydrogen (secondary N) is 1. The number of aromatic nitrogens is 5. The van der Waals surface area contributed by atoms with Crippen LogP contribution in [0, 0.1) is 6.92 Å². The summed E-state index contributed by atoms with van der Waals surface area (Å²) in [4.78, 5) is 17.3. The Kier molecular flexibility index (Phi) is 6.90. The van der Waals surface area contributed by atoms with Gasteiger partial charge in [0.1, 0.15) is 0 Å². The van der Waals surface area contributed by atoms with E-state index in [9.17, 15) is 18.0 Å². The van der Waals surface area contributed by atoms with Gasteiger partial charge in [-0.1, -0.05) is 61.8 Å². The van der Waals surface area contributed by atoms with E-state index in [1.807, 2.05) is 45.0 Å². The third-order valence-corrected chi connectivity index (χ3v) is 6.54. The van der Waals surface area contributed by atoms with Crippen LogP contribution in [0.4, 0.5) is 19.0 Å². The van der Waals surface area contributed by atoms with Gasteiger partial charge in [-0.05, 0) is 42.2 Å². The lowest BCUT2D eigenvalue weighted by Crippen LogP contribution is -2.16. The molecule has 2 aromatic carbocycles. The van der Waals surface area contributed by atoms with Gasteiger partial charge in [0.15, 0.2) is 22.9 Å². The number of amides is 1. The summed E-state index contributed by atoms with van der Waals surface area (Å²) >= 11 is 5.94. The lowest BCUT2D eigenvalue weighted by Gasteiger charge is -2.11. The highest BCUT2D eigenvalue weighted by Crippen LogP contribution is 2.33. The molecule has 5 aromatic rings. The number of benzene rings is 2. The maximum atomic E-state index is 14.0. The molecular weight excluding hydrogens is 529 g/mol. The quantitative estimate of drug-likeness (QED) is 0.246. The van der Waals surface area contributed by atoms with Crippen LogP contribution in [0.2, 0.25) is 5.02 Å². The molecule has 0 fully saturated rings. The van der Waals surface area contributed by atoms with Gasteiger partial charge >= 0.3 is 6.18 Å². The van der Waals surface area contributed by atoms with E-state index in [1.165, 1.54) is 6.07 Å². The maximum Gasteiger partial charge on any atom is 0.433 e. The molecule has 0 spiro atoms. The van der Waals surface area contributed by atoms with Crippen molar-refractivity contribution >= 4 is 29.0 Å². The molecule has 0 aliphatic heterocycles. The summed E-state index contributed by atoms with van der Waals surface area (Å²) in [6, 6.07) is 18.3. The Balaban J connectivity index is 1.43. The molecule has 11 heteroatoms. The van der Waals surface area contributed by atoms with Crippen LogP contribution in [-0.4, -0.2) is 30.3 Å². The molecular formula is C28H24ClF3N6O. The lowest BCUT2D eigenvalue weighted by molar-refractivity contribution is -0.142. The van der Waals surface area contributed by atoms with Gasteiger partial charge in [-0.3, -0.25) is 9.48 Å². The summed E-state index contributed by atoms with van der Waals surface area (Å²) in [6.07, 6.45) is -4.72. The average molecular weight is 553 g/mol. The molecule has 0 aliphatic rings. The summed E-state index contributed by atoms with van der Waals surface area (Å²) < 4.78 is 44.3. The van der Waals surface area contributed by atoms with E-state index in [4.69, 9.17) is 11.6 Å². The Morgan fingerprint density at radius 3 is 2.33 bits per heavy atom. The van der Waals surface area contributed by atoms with Crippen LogP contribution in [0.5, 0.6) is 0 Å². The van der Waals surface area contributed by atoms with E-state index >= 15 is 0 Å². The van der Waals surface area contributed by atoms with Crippen molar-refractivity contribution in [1.82, 2.24) is 24.4 Å². The number of anilines is 1. The molecule has 7 nitrogen and oxygen atoms in total. The number of fused-ring (bicyclic) bond motifs is 1. The van der Waals surface area contributed by atoms with E-state index in [2.05, 4.69) is 20.5 Å². The fourth-order valence-corrected chi connectivity index (χ4v) is 4.27. The topological polar surface area (TPSA) is 77.1 Å². The van der Waals surface area contributed by atoms with E-state index in [-0.39, 0.29) is 28.8 Å². The number of rotatable bonds is 6. The first-order valence-electron chi connectivity index (χ1n) is 12.2. The first-order chi connectivity index (χ1) is 18.5. The van der Waals surface area contributed by atoms with Crippen molar-refractivity contribution in [3.05, 3.63) is 100.0 Å². The highest BCUT2D eigenvalue weighted by Gasteiger charge is 2.35.